The number of hydrogen-bond donors (Lipinski definition) is 1. The Morgan fingerprint density at radius 1 is 1.35 bits per heavy atom. The standard InChI is InChI=1S/C17H16N4O5/c1-11-9-20-7-3-4-15(17(20)18-11)26-10-16(22)19-13-8-12(21(23)24)5-6-14(13)25-2/h3-9H,10H2,1-2H3,(H,19,22). The molecule has 0 aliphatic carbocycles. The third-order valence-electron chi connectivity index (χ3n) is 3.59. The molecule has 26 heavy (non-hydrogen) atoms. The Kier molecular flexibility index (Phi) is 4.70. The fourth-order valence-electron chi connectivity index (χ4n) is 2.46. The monoisotopic (exact) mass is 356 g/mol. The minimum absolute atomic E-state index is 0.153. The average Bonchev–Trinajstić information content (AvgIpc) is 3.00. The number of carbonyl (C=O) groups is 1. The van der Waals surface area contributed by atoms with E-state index < -0.39 is 10.8 Å². The quantitative estimate of drug-likeness (QED) is 0.537. The van der Waals surface area contributed by atoms with Crippen LogP contribution in [0.15, 0.2) is 42.7 Å². The number of rotatable bonds is 6. The first-order chi connectivity index (χ1) is 12.5. The molecule has 0 radical (unpaired) electrons. The van der Waals surface area contributed by atoms with Gasteiger partial charge in [0.1, 0.15) is 5.75 Å². The van der Waals surface area contributed by atoms with Gasteiger partial charge in [0.05, 0.1) is 23.4 Å². The summed E-state index contributed by atoms with van der Waals surface area (Å²) in [5.74, 6) is 0.297. The van der Waals surface area contributed by atoms with Crippen molar-refractivity contribution in [2.75, 3.05) is 19.0 Å². The molecule has 0 aliphatic rings. The SMILES string of the molecule is COc1ccc([N+](=O)[O-])cc1NC(=O)COc1cccn2cc(C)nc12. The van der Waals surface area contributed by atoms with Crippen LogP contribution in [0.1, 0.15) is 5.69 Å². The summed E-state index contributed by atoms with van der Waals surface area (Å²) in [7, 11) is 1.41. The second kappa shape index (κ2) is 7.09. The van der Waals surface area contributed by atoms with Crippen LogP contribution < -0.4 is 14.8 Å². The minimum atomic E-state index is -0.549. The van der Waals surface area contributed by atoms with Crippen molar-refractivity contribution in [1.29, 1.82) is 0 Å². The van der Waals surface area contributed by atoms with E-state index in [0.717, 1.165) is 5.69 Å². The fraction of sp³-hybridized carbons (Fsp3) is 0.176. The second-order valence-electron chi connectivity index (χ2n) is 5.46. The molecule has 1 aromatic carbocycles. The van der Waals surface area contributed by atoms with E-state index in [1.807, 2.05) is 19.3 Å². The normalized spacial score (nSPS) is 10.5. The molecule has 0 bridgehead atoms. The third-order valence-corrected chi connectivity index (χ3v) is 3.59. The summed E-state index contributed by atoms with van der Waals surface area (Å²) in [5.41, 5.74) is 1.47. The summed E-state index contributed by atoms with van der Waals surface area (Å²) < 4.78 is 12.5. The molecular weight excluding hydrogens is 340 g/mol. The molecule has 0 unspecified atom stereocenters. The lowest BCUT2D eigenvalue weighted by molar-refractivity contribution is -0.384. The largest absolute Gasteiger partial charge is 0.495 e. The number of carbonyl (C=O) groups excluding carboxylic acids is 1. The zero-order chi connectivity index (χ0) is 18.7. The summed E-state index contributed by atoms with van der Waals surface area (Å²) in [6, 6.07) is 7.44. The third kappa shape index (κ3) is 3.56. The van der Waals surface area contributed by atoms with Crippen LogP contribution in [-0.2, 0) is 4.79 Å². The molecule has 0 aliphatic heterocycles. The highest BCUT2D eigenvalue weighted by atomic mass is 16.6. The van der Waals surface area contributed by atoms with Crippen molar-refractivity contribution in [3.63, 3.8) is 0 Å². The van der Waals surface area contributed by atoms with Crippen molar-refractivity contribution < 1.29 is 19.2 Å². The summed E-state index contributed by atoms with van der Waals surface area (Å²) in [5, 5.41) is 13.5. The van der Waals surface area contributed by atoms with Crippen LogP contribution in [0.2, 0.25) is 0 Å². The molecule has 9 nitrogen and oxygen atoms in total. The van der Waals surface area contributed by atoms with Gasteiger partial charge in [-0.2, -0.15) is 0 Å². The Labute approximate surface area is 148 Å². The van der Waals surface area contributed by atoms with E-state index in [0.29, 0.717) is 17.1 Å². The maximum absolute atomic E-state index is 12.2. The van der Waals surface area contributed by atoms with E-state index >= 15 is 0 Å². The van der Waals surface area contributed by atoms with Crippen molar-refractivity contribution >= 4 is 22.9 Å². The Hall–Kier alpha value is -3.62. The number of aromatic nitrogens is 2. The highest BCUT2D eigenvalue weighted by molar-refractivity contribution is 5.93. The van der Waals surface area contributed by atoms with Crippen molar-refractivity contribution in [3.8, 4) is 11.5 Å². The number of nitrogens with one attached hydrogen (secondary N) is 1. The van der Waals surface area contributed by atoms with Crippen molar-refractivity contribution in [2.45, 2.75) is 6.92 Å². The molecule has 0 saturated heterocycles. The smallest absolute Gasteiger partial charge is 0.271 e. The van der Waals surface area contributed by atoms with Gasteiger partial charge in [0.25, 0.3) is 11.6 Å². The number of nitrogens with zero attached hydrogens (tertiary/aromatic N) is 3. The van der Waals surface area contributed by atoms with E-state index in [2.05, 4.69) is 10.3 Å². The van der Waals surface area contributed by atoms with Crippen LogP contribution >= 0.6 is 0 Å². The van der Waals surface area contributed by atoms with E-state index in [9.17, 15) is 14.9 Å². The Morgan fingerprint density at radius 3 is 2.88 bits per heavy atom. The summed E-state index contributed by atoms with van der Waals surface area (Å²) in [4.78, 5) is 26.9. The van der Waals surface area contributed by atoms with E-state index in [1.54, 1.807) is 16.5 Å². The summed E-state index contributed by atoms with van der Waals surface area (Å²) in [6.45, 7) is 1.58. The molecule has 1 N–H and O–H groups in total. The van der Waals surface area contributed by atoms with E-state index in [4.69, 9.17) is 9.47 Å². The molecule has 0 saturated carbocycles. The first-order valence-corrected chi connectivity index (χ1v) is 7.67. The fourth-order valence-corrected chi connectivity index (χ4v) is 2.46. The first kappa shape index (κ1) is 17.2. The molecule has 2 heterocycles. The average molecular weight is 356 g/mol. The van der Waals surface area contributed by atoms with Crippen LogP contribution in [0.3, 0.4) is 0 Å². The maximum atomic E-state index is 12.2. The molecule has 1 amide bonds. The van der Waals surface area contributed by atoms with Crippen LogP contribution in [0, 0.1) is 17.0 Å². The number of nitro benzene ring substituents is 1. The number of ether oxygens (including phenoxy) is 2. The Balaban J connectivity index is 1.73. The maximum Gasteiger partial charge on any atom is 0.271 e. The number of non-ortho nitro benzene ring substituents is 1. The van der Waals surface area contributed by atoms with Gasteiger partial charge in [0.15, 0.2) is 18.0 Å². The van der Waals surface area contributed by atoms with Crippen LogP contribution in [-0.4, -0.2) is 33.9 Å². The number of benzene rings is 1. The van der Waals surface area contributed by atoms with Gasteiger partial charge in [-0.3, -0.25) is 14.9 Å². The zero-order valence-corrected chi connectivity index (χ0v) is 14.1. The number of anilines is 1. The van der Waals surface area contributed by atoms with Crippen LogP contribution in [0.4, 0.5) is 11.4 Å². The lowest BCUT2D eigenvalue weighted by Gasteiger charge is -2.11. The predicted octanol–water partition coefficient (Wildman–Crippen LogP) is 2.58. The molecule has 0 spiro atoms. The van der Waals surface area contributed by atoms with Gasteiger partial charge < -0.3 is 19.2 Å². The highest BCUT2D eigenvalue weighted by Crippen LogP contribution is 2.28. The van der Waals surface area contributed by atoms with Gasteiger partial charge in [-0.1, -0.05) is 0 Å². The van der Waals surface area contributed by atoms with Gasteiger partial charge in [-0.15, -0.1) is 0 Å². The molecule has 0 fully saturated rings. The molecule has 3 aromatic rings. The van der Waals surface area contributed by atoms with Gasteiger partial charge in [0, 0.05) is 24.5 Å². The predicted molar refractivity (Wildman–Crippen MR) is 93.7 cm³/mol. The summed E-state index contributed by atoms with van der Waals surface area (Å²) in [6.07, 6.45) is 3.67. The molecule has 134 valence electrons. The van der Waals surface area contributed by atoms with Gasteiger partial charge >= 0.3 is 0 Å². The van der Waals surface area contributed by atoms with E-state index in [-0.39, 0.29) is 18.0 Å². The topological polar surface area (TPSA) is 108 Å². The molecule has 9 heteroatoms. The van der Waals surface area contributed by atoms with Gasteiger partial charge in [-0.25, -0.2) is 4.98 Å². The van der Waals surface area contributed by atoms with Crippen LogP contribution in [0.5, 0.6) is 11.5 Å². The highest BCUT2D eigenvalue weighted by Gasteiger charge is 2.14. The van der Waals surface area contributed by atoms with Crippen molar-refractivity contribution in [3.05, 3.63) is 58.5 Å². The van der Waals surface area contributed by atoms with Crippen LogP contribution in [0.25, 0.3) is 5.65 Å². The number of amides is 1. The van der Waals surface area contributed by atoms with Gasteiger partial charge in [0.2, 0.25) is 0 Å². The van der Waals surface area contributed by atoms with Crippen molar-refractivity contribution in [1.82, 2.24) is 9.38 Å². The summed E-state index contributed by atoms with van der Waals surface area (Å²) >= 11 is 0. The number of hydrogen-bond acceptors (Lipinski definition) is 6. The molecule has 2 aromatic heterocycles. The first-order valence-electron chi connectivity index (χ1n) is 7.67. The molecule has 3 rings (SSSR count). The molecule has 0 atom stereocenters. The number of aryl methyl sites for hydroxylation is 1. The number of methoxy groups -OCH3 is 1. The number of pyridine rings is 1. The molecular formula is C17H16N4O5. The Bertz CT molecular complexity index is 982. The lowest BCUT2D eigenvalue weighted by Crippen LogP contribution is -2.20. The van der Waals surface area contributed by atoms with Crippen molar-refractivity contribution in [2.24, 2.45) is 0 Å². The zero-order valence-electron chi connectivity index (χ0n) is 14.1. The van der Waals surface area contributed by atoms with Gasteiger partial charge in [-0.05, 0) is 25.1 Å². The lowest BCUT2D eigenvalue weighted by atomic mass is 10.2. The second-order valence-corrected chi connectivity index (χ2v) is 5.46. The number of imidazole rings is 1. The number of nitro groups is 1. The Morgan fingerprint density at radius 2 is 2.15 bits per heavy atom. The van der Waals surface area contributed by atoms with E-state index in [1.165, 1.54) is 25.3 Å². The number of fused-ring (bicyclic) bond motifs is 1. The minimum Gasteiger partial charge on any atom is -0.495 e.